The Hall–Kier alpha value is -1.59. The van der Waals surface area contributed by atoms with Crippen LogP contribution in [-0.4, -0.2) is 28.3 Å². The van der Waals surface area contributed by atoms with Gasteiger partial charge in [-0.2, -0.15) is 0 Å². The van der Waals surface area contributed by atoms with Crippen LogP contribution in [0.25, 0.3) is 0 Å². The van der Waals surface area contributed by atoms with E-state index in [2.05, 4.69) is 0 Å². The van der Waals surface area contributed by atoms with Crippen LogP contribution in [-0.2, 0) is 11.2 Å². The molecule has 1 aromatic carbocycles. The first kappa shape index (κ1) is 11.5. The van der Waals surface area contributed by atoms with Gasteiger partial charge in [0, 0.05) is 6.42 Å². The van der Waals surface area contributed by atoms with Crippen molar-refractivity contribution in [3.05, 3.63) is 29.8 Å². The van der Waals surface area contributed by atoms with Crippen LogP contribution in [0, 0.1) is 0 Å². The largest absolute Gasteiger partial charge is 0.508 e. The predicted molar refractivity (Wildman–Crippen MR) is 55.0 cm³/mol. The number of amides is 1. The predicted octanol–water partition coefficient (Wildman–Crippen LogP) is -0.892. The molecule has 15 heavy (non-hydrogen) atoms. The van der Waals surface area contributed by atoms with E-state index in [1.165, 1.54) is 12.1 Å². The molecule has 0 saturated carbocycles. The Kier molecular flexibility index (Phi) is 3.65. The molecule has 1 aromatic rings. The van der Waals surface area contributed by atoms with E-state index >= 15 is 0 Å². The molecule has 1 amide bonds. The highest BCUT2D eigenvalue weighted by Crippen LogP contribution is 2.11. The average molecular weight is 210 g/mol. The summed E-state index contributed by atoms with van der Waals surface area (Å²) in [7, 11) is 0. The third-order valence-corrected chi connectivity index (χ3v) is 2.12. The summed E-state index contributed by atoms with van der Waals surface area (Å²) in [5, 5.41) is 18.5. The summed E-state index contributed by atoms with van der Waals surface area (Å²) in [6.07, 6.45) is -0.781. The summed E-state index contributed by atoms with van der Waals surface area (Å²) in [5.41, 5.74) is 11.1. The van der Waals surface area contributed by atoms with Crippen molar-refractivity contribution in [1.29, 1.82) is 0 Å². The second kappa shape index (κ2) is 4.77. The number of aliphatic hydroxyl groups excluding tert-OH is 1. The summed E-state index contributed by atoms with van der Waals surface area (Å²) in [6, 6.07) is 5.22. The molecule has 0 bridgehead atoms. The van der Waals surface area contributed by atoms with E-state index in [4.69, 9.17) is 16.6 Å². The first-order valence-electron chi connectivity index (χ1n) is 4.51. The van der Waals surface area contributed by atoms with E-state index in [1.54, 1.807) is 12.1 Å². The van der Waals surface area contributed by atoms with E-state index in [0.717, 1.165) is 5.56 Å². The number of primary amides is 1. The van der Waals surface area contributed by atoms with Gasteiger partial charge in [0.25, 0.3) is 0 Å². The van der Waals surface area contributed by atoms with Gasteiger partial charge >= 0.3 is 0 Å². The fourth-order valence-electron chi connectivity index (χ4n) is 1.19. The Balaban J connectivity index is 2.62. The van der Waals surface area contributed by atoms with Crippen LogP contribution in [0.15, 0.2) is 24.3 Å². The van der Waals surface area contributed by atoms with Gasteiger partial charge < -0.3 is 21.7 Å². The molecule has 0 unspecified atom stereocenters. The minimum absolute atomic E-state index is 0.146. The molecule has 5 heteroatoms. The fraction of sp³-hybridized carbons (Fsp3) is 0.300. The van der Waals surface area contributed by atoms with Gasteiger partial charge in [0.1, 0.15) is 11.8 Å². The van der Waals surface area contributed by atoms with Gasteiger partial charge in [0.05, 0.1) is 6.10 Å². The number of aromatic hydroxyl groups is 1. The van der Waals surface area contributed by atoms with E-state index < -0.39 is 18.1 Å². The van der Waals surface area contributed by atoms with Crippen molar-refractivity contribution in [2.24, 2.45) is 11.5 Å². The molecule has 2 atom stereocenters. The average Bonchev–Trinajstić information content (AvgIpc) is 2.20. The van der Waals surface area contributed by atoms with Crippen LogP contribution in [0.1, 0.15) is 5.56 Å². The molecule has 0 heterocycles. The van der Waals surface area contributed by atoms with E-state index in [-0.39, 0.29) is 12.2 Å². The summed E-state index contributed by atoms with van der Waals surface area (Å²) < 4.78 is 0. The van der Waals surface area contributed by atoms with Crippen molar-refractivity contribution in [3.8, 4) is 5.75 Å². The van der Waals surface area contributed by atoms with Crippen molar-refractivity contribution >= 4 is 5.91 Å². The lowest BCUT2D eigenvalue weighted by Gasteiger charge is -2.15. The van der Waals surface area contributed by atoms with Gasteiger partial charge in [-0.15, -0.1) is 0 Å². The van der Waals surface area contributed by atoms with Gasteiger partial charge in [-0.25, -0.2) is 0 Å². The quantitative estimate of drug-likeness (QED) is 0.516. The molecule has 82 valence electrons. The maximum atomic E-state index is 10.7. The summed E-state index contributed by atoms with van der Waals surface area (Å²) in [5.74, 6) is -0.589. The van der Waals surface area contributed by atoms with Crippen molar-refractivity contribution in [2.75, 3.05) is 0 Å². The highest BCUT2D eigenvalue weighted by atomic mass is 16.3. The topological polar surface area (TPSA) is 110 Å². The van der Waals surface area contributed by atoms with Gasteiger partial charge in [-0.1, -0.05) is 12.1 Å². The molecule has 0 fully saturated rings. The summed E-state index contributed by atoms with van der Waals surface area (Å²) in [6.45, 7) is 0. The maximum Gasteiger partial charge on any atom is 0.237 e. The van der Waals surface area contributed by atoms with Crippen LogP contribution in [0.5, 0.6) is 5.75 Å². The summed E-state index contributed by atoms with van der Waals surface area (Å²) >= 11 is 0. The number of phenols is 1. The Bertz CT molecular complexity index is 337. The van der Waals surface area contributed by atoms with Crippen LogP contribution in [0.2, 0.25) is 0 Å². The Morgan fingerprint density at radius 2 is 1.87 bits per heavy atom. The number of benzene rings is 1. The number of carbonyl (C=O) groups is 1. The van der Waals surface area contributed by atoms with Crippen molar-refractivity contribution in [2.45, 2.75) is 18.6 Å². The molecular formula is C10H14N2O3. The third-order valence-electron chi connectivity index (χ3n) is 2.12. The number of rotatable bonds is 4. The first-order valence-corrected chi connectivity index (χ1v) is 4.51. The van der Waals surface area contributed by atoms with Crippen molar-refractivity contribution in [1.82, 2.24) is 0 Å². The molecule has 0 aliphatic heterocycles. The summed E-state index contributed by atoms with van der Waals surface area (Å²) in [4.78, 5) is 10.7. The Labute approximate surface area is 87.3 Å². The fourth-order valence-corrected chi connectivity index (χ4v) is 1.19. The Morgan fingerprint density at radius 1 is 1.33 bits per heavy atom. The number of carbonyl (C=O) groups excluding carboxylic acids is 1. The van der Waals surface area contributed by atoms with Crippen LogP contribution >= 0.6 is 0 Å². The van der Waals surface area contributed by atoms with E-state index in [9.17, 15) is 9.90 Å². The zero-order valence-electron chi connectivity index (χ0n) is 8.13. The van der Waals surface area contributed by atoms with Gasteiger partial charge in [-0.05, 0) is 17.7 Å². The minimum atomic E-state index is -1.07. The second-order valence-electron chi connectivity index (χ2n) is 3.37. The van der Waals surface area contributed by atoms with Crippen LogP contribution < -0.4 is 11.5 Å². The molecule has 5 nitrogen and oxygen atoms in total. The normalized spacial score (nSPS) is 14.5. The third kappa shape index (κ3) is 3.23. The second-order valence-corrected chi connectivity index (χ2v) is 3.37. The molecule has 0 aliphatic rings. The number of nitrogens with two attached hydrogens (primary N) is 2. The van der Waals surface area contributed by atoms with Gasteiger partial charge in [0.15, 0.2) is 0 Å². The number of hydrogen-bond acceptors (Lipinski definition) is 4. The minimum Gasteiger partial charge on any atom is -0.508 e. The van der Waals surface area contributed by atoms with Crippen molar-refractivity contribution < 1.29 is 15.0 Å². The zero-order valence-corrected chi connectivity index (χ0v) is 8.13. The highest BCUT2D eigenvalue weighted by molar-refractivity contribution is 5.80. The molecule has 0 aromatic heterocycles. The van der Waals surface area contributed by atoms with E-state index in [0.29, 0.717) is 0 Å². The zero-order chi connectivity index (χ0) is 11.4. The lowest BCUT2D eigenvalue weighted by Crippen LogP contribution is -2.46. The standard InChI is InChI=1S/C10H14N2O3/c11-9(10(12)15)8(14)5-6-1-3-7(13)4-2-6/h1-4,8-9,13-14H,5,11H2,(H2,12,15)/t8-,9+/m1/s1. The number of aliphatic hydroxyl groups is 1. The lowest BCUT2D eigenvalue weighted by molar-refractivity contribution is -0.121. The molecule has 0 radical (unpaired) electrons. The van der Waals surface area contributed by atoms with Crippen molar-refractivity contribution in [3.63, 3.8) is 0 Å². The lowest BCUT2D eigenvalue weighted by atomic mass is 10.0. The molecular weight excluding hydrogens is 196 g/mol. The van der Waals surface area contributed by atoms with Gasteiger partial charge in [0.2, 0.25) is 5.91 Å². The monoisotopic (exact) mass is 210 g/mol. The molecule has 6 N–H and O–H groups in total. The van der Waals surface area contributed by atoms with Crippen LogP contribution in [0.4, 0.5) is 0 Å². The van der Waals surface area contributed by atoms with E-state index in [1.807, 2.05) is 0 Å². The smallest absolute Gasteiger partial charge is 0.237 e. The van der Waals surface area contributed by atoms with Crippen LogP contribution in [0.3, 0.4) is 0 Å². The maximum absolute atomic E-state index is 10.7. The molecule has 1 rings (SSSR count). The Morgan fingerprint density at radius 3 is 2.33 bits per heavy atom. The number of phenolic OH excluding ortho intramolecular Hbond substituents is 1. The molecule has 0 aliphatic carbocycles. The van der Waals surface area contributed by atoms with Gasteiger partial charge in [-0.3, -0.25) is 4.79 Å². The molecule has 0 spiro atoms. The highest BCUT2D eigenvalue weighted by Gasteiger charge is 2.20. The first-order chi connectivity index (χ1) is 7.00. The SMILES string of the molecule is NC(=O)[C@@H](N)[C@H](O)Cc1ccc(O)cc1. The number of hydrogen-bond donors (Lipinski definition) is 4. The molecule has 0 saturated heterocycles.